The quantitative estimate of drug-likeness (QED) is 0.270. The highest BCUT2D eigenvalue weighted by molar-refractivity contribution is 7.17. The molecule has 5 aromatic rings. The zero-order chi connectivity index (χ0) is 24.8. The third-order valence-electron chi connectivity index (χ3n) is 5.57. The number of rotatable bonds is 5. The van der Waals surface area contributed by atoms with Crippen molar-refractivity contribution in [1.82, 2.24) is 19.7 Å². The summed E-state index contributed by atoms with van der Waals surface area (Å²) >= 11 is 0.785. The van der Waals surface area contributed by atoms with Crippen LogP contribution in [0.25, 0.3) is 28.1 Å². The number of nitrogens with zero attached hydrogens (tertiary/aromatic N) is 5. The highest BCUT2D eigenvalue weighted by Crippen LogP contribution is 2.36. The lowest BCUT2D eigenvalue weighted by Gasteiger charge is -2.09. The van der Waals surface area contributed by atoms with Crippen LogP contribution in [0, 0.1) is 17.0 Å². The van der Waals surface area contributed by atoms with Crippen LogP contribution in [-0.4, -0.2) is 37.4 Å². The molecule has 12 heteroatoms. The predicted molar refractivity (Wildman–Crippen MR) is 132 cm³/mol. The van der Waals surface area contributed by atoms with Crippen molar-refractivity contribution in [3.05, 3.63) is 81.3 Å². The summed E-state index contributed by atoms with van der Waals surface area (Å²) < 4.78 is 12.6. The standard InChI is InChI=1S/C24H16N6O5S/c1-13-2-5-15(6-3-13)29-23-16(11-25-29)22(28-24(31)19-8-9-20(36-19)30(32)33)26-21(27-23)14-4-7-17-18(10-14)35-12-34-17/h2-11H,12H2,1H3,(H,26,27,28,31). The second-order valence-electron chi connectivity index (χ2n) is 7.94. The molecule has 0 saturated carbocycles. The molecule has 11 nitrogen and oxygen atoms in total. The molecule has 0 spiro atoms. The van der Waals surface area contributed by atoms with E-state index in [9.17, 15) is 14.9 Å². The number of aromatic nitrogens is 4. The van der Waals surface area contributed by atoms with Gasteiger partial charge in [-0.15, -0.1) is 0 Å². The Hall–Kier alpha value is -4.84. The Bertz CT molecular complexity index is 1660. The molecule has 0 radical (unpaired) electrons. The maximum absolute atomic E-state index is 13.0. The largest absolute Gasteiger partial charge is 0.454 e. The summed E-state index contributed by atoms with van der Waals surface area (Å²) in [7, 11) is 0. The number of benzene rings is 2. The molecule has 1 N–H and O–H groups in total. The summed E-state index contributed by atoms with van der Waals surface area (Å²) in [6, 6.07) is 15.8. The van der Waals surface area contributed by atoms with E-state index in [2.05, 4.69) is 15.4 Å². The molecule has 0 bridgehead atoms. The van der Waals surface area contributed by atoms with Crippen LogP contribution < -0.4 is 14.8 Å². The number of hydrogen-bond donors (Lipinski definition) is 1. The van der Waals surface area contributed by atoms with Gasteiger partial charge < -0.3 is 14.8 Å². The van der Waals surface area contributed by atoms with Crippen LogP contribution in [0.4, 0.5) is 10.8 Å². The normalized spacial score (nSPS) is 12.1. The van der Waals surface area contributed by atoms with Crippen LogP contribution in [0.2, 0.25) is 0 Å². The van der Waals surface area contributed by atoms with E-state index < -0.39 is 10.8 Å². The molecule has 0 aliphatic carbocycles. The van der Waals surface area contributed by atoms with Crippen molar-refractivity contribution in [2.45, 2.75) is 6.92 Å². The molecule has 0 saturated heterocycles. The molecule has 0 fully saturated rings. The molecule has 2 aromatic carbocycles. The van der Waals surface area contributed by atoms with Gasteiger partial charge in [0.05, 0.1) is 27.1 Å². The molecule has 0 atom stereocenters. The SMILES string of the molecule is Cc1ccc(-n2ncc3c(NC(=O)c4ccc([N+](=O)[O-])s4)nc(-c4ccc5c(c4)OCO5)nc32)cc1. The van der Waals surface area contributed by atoms with Gasteiger partial charge >= 0.3 is 5.00 Å². The first-order valence-corrected chi connectivity index (χ1v) is 11.6. The molecule has 3 aromatic heterocycles. The Morgan fingerprint density at radius 1 is 1.08 bits per heavy atom. The molecule has 6 rings (SSSR count). The van der Waals surface area contributed by atoms with Crippen molar-refractivity contribution in [2.24, 2.45) is 0 Å². The number of ether oxygens (including phenoxy) is 2. The topological polar surface area (TPSA) is 134 Å². The third-order valence-corrected chi connectivity index (χ3v) is 6.60. The fraction of sp³-hybridized carbons (Fsp3) is 0.0833. The van der Waals surface area contributed by atoms with Crippen LogP contribution in [-0.2, 0) is 0 Å². The summed E-state index contributed by atoms with van der Waals surface area (Å²) in [6.07, 6.45) is 1.57. The van der Waals surface area contributed by atoms with E-state index in [1.54, 1.807) is 29.1 Å². The van der Waals surface area contributed by atoms with E-state index in [0.717, 1.165) is 22.6 Å². The Kier molecular flexibility index (Phi) is 5.08. The lowest BCUT2D eigenvalue weighted by molar-refractivity contribution is -0.380. The molecule has 1 aliphatic rings. The Morgan fingerprint density at radius 2 is 1.89 bits per heavy atom. The summed E-state index contributed by atoms with van der Waals surface area (Å²) in [4.78, 5) is 33.0. The average Bonchev–Trinajstić information content (AvgIpc) is 3.63. The van der Waals surface area contributed by atoms with Crippen LogP contribution in [0.1, 0.15) is 15.2 Å². The second kappa shape index (κ2) is 8.43. The van der Waals surface area contributed by atoms with E-state index >= 15 is 0 Å². The van der Waals surface area contributed by atoms with Crippen molar-refractivity contribution in [3.63, 3.8) is 0 Å². The van der Waals surface area contributed by atoms with E-state index in [-0.39, 0.29) is 22.5 Å². The minimum Gasteiger partial charge on any atom is -0.454 e. The van der Waals surface area contributed by atoms with Crippen molar-refractivity contribution in [1.29, 1.82) is 0 Å². The molecule has 1 amide bonds. The molecule has 4 heterocycles. The Morgan fingerprint density at radius 3 is 2.67 bits per heavy atom. The van der Waals surface area contributed by atoms with Crippen LogP contribution in [0.15, 0.2) is 60.8 Å². The molecule has 36 heavy (non-hydrogen) atoms. The van der Waals surface area contributed by atoms with Crippen molar-refractivity contribution < 1.29 is 19.2 Å². The third kappa shape index (κ3) is 3.79. The van der Waals surface area contributed by atoms with Gasteiger partial charge in [0.25, 0.3) is 5.91 Å². The Balaban J connectivity index is 1.47. The number of fused-ring (bicyclic) bond motifs is 2. The van der Waals surface area contributed by atoms with E-state index in [0.29, 0.717) is 33.9 Å². The lowest BCUT2D eigenvalue weighted by atomic mass is 10.2. The van der Waals surface area contributed by atoms with Crippen molar-refractivity contribution >= 4 is 39.1 Å². The summed E-state index contributed by atoms with van der Waals surface area (Å²) in [5.74, 6) is 1.24. The van der Waals surface area contributed by atoms with Gasteiger partial charge in [-0.05, 0) is 43.3 Å². The fourth-order valence-corrected chi connectivity index (χ4v) is 4.48. The zero-order valence-electron chi connectivity index (χ0n) is 18.7. The highest BCUT2D eigenvalue weighted by Gasteiger charge is 2.21. The first-order chi connectivity index (χ1) is 17.5. The molecular weight excluding hydrogens is 484 g/mol. The van der Waals surface area contributed by atoms with Crippen LogP contribution in [0.3, 0.4) is 0 Å². The second-order valence-corrected chi connectivity index (χ2v) is 9.00. The number of nitro groups is 1. The van der Waals surface area contributed by atoms with Crippen LogP contribution >= 0.6 is 11.3 Å². The monoisotopic (exact) mass is 500 g/mol. The lowest BCUT2D eigenvalue weighted by Crippen LogP contribution is -2.12. The molecule has 0 unspecified atom stereocenters. The number of amides is 1. The van der Waals surface area contributed by atoms with Crippen molar-refractivity contribution in [3.8, 4) is 28.6 Å². The van der Waals surface area contributed by atoms with Gasteiger partial charge in [-0.25, -0.2) is 14.6 Å². The number of thiophene rings is 1. The maximum atomic E-state index is 13.0. The van der Waals surface area contributed by atoms with E-state index in [4.69, 9.17) is 14.5 Å². The zero-order valence-corrected chi connectivity index (χ0v) is 19.5. The number of anilines is 1. The first-order valence-electron chi connectivity index (χ1n) is 10.7. The smallest absolute Gasteiger partial charge is 0.324 e. The maximum Gasteiger partial charge on any atom is 0.324 e. The number of nitrogens with one attached hydrogen (secondary N) is 1. The molecule has 1 aliphatic heterocycles. The van der Waals surface area contributed by atoms with Gasteiger partial charge in [0.1, 0.15) is 5.82 Å². The minimum absolute atomic E-state index is 0.124. The fourth-order valence-electron chi connectivity index (χ4n) is 3.76. The Labute approximate surface area is 207 Å². The van der Waals surface area contributed by atoms with Gasteiger partial charge in [-0.2, -0.15) is 5.10 Å². The number of carbonyl (C=O) groups excluding carboxylic acids is 1. The summed E-state index contributed by atoms with van der Waals surface area (Å²) in [5.41, 5.74) is 3.02. The summed E-state index contributed by atoms with van der Waals surface area (Å²) in [6.45, 7) is 2.13. The van der Waals surface area contributed by atoms with Crippen molar-refractivity contribution in [2.75, 3.05) is 12.1 Å². The molecular formula is C24H16N6O5S. The van der Waals surface area contributed by atoms with Gasteiger partial charge in [0.2, 0.25) is 6.79 Å². The highest BCUT2D eigenvalue weighted by atomic mass is 32.1. The van der Waals surface area contributed by atoms with E-state index in [1.807, 2.05) is 31.2 Å². The van der Waals surface area contributed by atoms with Gasteiger partial charge in [0.15, 0.2) is 23.0 Å². The number of hydrogen-bond acceptors (Lipinski definition) is 9. The van der Waals surface area contributed by atoms with E-state index in [1.165, 1.54) is 12.1 Å². The first kappa shape index (κ1) is 21.7. The van der Waals surface area contributed by atoms with Crippen LogP contribution in [0.5, 0.6) is 11.5 Å². The molecule has 178 valence electrons. The average molecular weight is 500 g/mol. The van der Waals surface area contributed by atoms with Gasteiger partial charge in [0, 0.05) is 11.6 Å². The van der Waals surface area contributed by atoms with Gasteiger partial charge in [-0.1, -0.05) is 29.0 Å². The number of aryl methyl sites for hydroxylation is 1. The van der Waals surface area contributed by atoms with Gasteiger partial charge in [-0.3, -0.25) is 14.9 Å². The minimum atomic E-state index is -0.534. The number of carbonyl (C=O) groups is 1. The summed E-state index contributed by atoms with van der Waals surface area (Å²) in [5, 5.41) is 18.7. The predicted octanol–water partition coefficient (Wildman–Crippen LogP) is 4.74.